The van der Waals surface area contributed by atoms with E-state index in [1.807, 2.05) is 25.7 Å². The van der Waals surface area contributed by atoms with Crippen molar-refractivity contribution in [1.29, 1.82) is 5.26 Å². The third kappa shape index (κ3) is 5.89. The average Bonchev–Trinajstić information content (AvgIpc) is 2.84. The van der Waals surface area contributed by atoms with Crippen molar-refractivity contribution in [1.82, 2.24) is 15.1 Å². The summed E-state index contributed by atoms with van der Waals surface area (Å²) in [6.07, 6.45) is 3.96. The molecule has 1 saturated heterocycles. The van der Waals surface area contributed by atoms with E-state index in [0.29, 0.717) is 19.6 Å². The molecule has 0 aromatic heterocycles. The van der Waals surface area contributed by atoms with Crippen LogP contribution < -0.4 is 5.32 Å². The molecule has 1 heterocycles. The van der Waals surface area contributed by atoms with Crippen molar-refractivity contribution < 1.29 is 14.3 Å². The highest BCUT2D eigenvalue weighted by Gasteiger charge is 2.35. The minimum absolute atomic E-state index is 0.103. The number of carbonyl (C=O) groups excluding carboxylic acids is 2. The van der Waals surface area contributed by atoms with Gasteiger partial charge in [0.1, 0.15) is 11.1 Å². The number of nitriles is 1. The first-order valence-corrected chi connectivity index (χ1v) is 9.16. The Morgan fingerprint density at radius 2 is 1.80 bits per heavy atom. The van der Waals surface area contributed by atoms with Gasteiger partial charge in [-0.3, -0.25) is 9.69 Å². The molecule has 0 spiro atoms. The summed E-state index contributed by atoms with van der Waals surface area (Å²) in [4.78, 5) is 28.3. The number of ether oxygens (including phenoxy) is 1. The first-order valence-electron chi connectivity index (χ1n) is 9.16. The number of nitrogens with zero attached hydrogens (tertiary/aromatic N) is 3. The van der Waals surface area contributed by atoms with Crippen LogP contribution in [0.4, 0.5) is 4.79 Å². The summed E-state index contributed by atoms with van der Waals surface area (Å²) in [5.41, 5.74) is -1.18. The molecule has 1 aliphatic heterocycles. The fourth-order valence-electron chi connectivity index (χ4n) is 3.39. The molecule has 25 heavy (non-hydrogen) atoms. The molecule has 0 aromatic rings. The minimum Gasteiger partial charge on any atom is -0.444 e. The first-order chi connectivity index (χ1) is 11.7. The maximum absolute atomic E-state index is 12.3. The van der Waals surface area contributed by atoms with Gasteiger partial charge in [0.25, 0.3) is 0 Å². The van der Waals surface area contributed by atoms with Crippen LogP contribution in [0.1, 0.15) is 52.9 Å². The fraction of sp³-hybridized carbons (Fsp3) is 0.833. The second-order valence-electron chi connectivity index (χ2n) is 8.05. The molecular formula is C18H30N4O3. The summed E-state index contributed by atoms with van der Waals surface area (Å²) in [6.45, 7) is 8.40. The summed E-state index contributed by atoms with van der Waals surface area (Å²) in [5, 5.41) is 12.3. The molecule has 0 aromatic carbocycles. The van der Waals surface area contributed by atoms with Gasteiger partial charge in [0, 0.05) is 26.2 Å². The van der Waals surface area contributed by atoms with Crippen LogP contribution in [0.5, 0.6) is 0 Å². The molecule has 0 unspecified atom stereocenters. The Morgan fingerprint density at radius 3 is 2.40 bits per heavy atom. The quantitative estimate of drug-likeness (QED) is 0.840. The minimum atomic E-state index is -0.675. The molecule has 140 valence electrons. The van der Waals surface area contributed by atoms with Gasteiger partial charge >= 0.3 is 6.09 Å². The monoisotopic (exact) mass is 350 g/mol. The molecular weight excluding hydrogens is 320 g/mol. The van der Waals surface area contributed by atoms with Crippen LogP contribution in [0.3, 0.4) is 0 Å². The van der Waals surface area contributed by atoms with E-state index in [0.717, 1.165) is 38.6 Å². The van der Waals surface area contributed by atoms with Crippen LogP contribution in [-0.4, -0.2) is 65.7 Å². The lowest BCUT2D eigenvalue weighted by Crippen LogP contribution is -2.49. The standard InChI is InChI=1S/C18H30N4O3/c1-17(2,3)25-16(24)22-10-6-9-21(11-12-22)13-15(23)20-18(14-19)7-4-5-8-18/h4-13H2,1-3H3,(H,20,23). The molecule has 0 atom stereocenters. The van der Waals surface area contributed by atoms with E-state index < -0.39 is 11.1 Å². The highest BCUT2D eigenvalue weighted by molar-refractivity contribution is 5.79. The normalized spacial score (nSPS) is 21.3. The number of nitrogens with one attached hydrogen (secondary N) is 1. The van der Waals surface area contributed by atoms with Gasteiger partial charge in [-0.1, -0.05) is 0 Å². The Kier molecular flexibility index (Phi) is 6.28. The Balaban J connectivity index is 1.82. The van der Waals surface area contributed by atoms with Crippen LogP contribution in [0.15, 0.2) is 0 Å². The van der Waals surface area contributed by atoms with Gasteiger partial charge < -0.3 is 15.0 Å². The van der Waals surface area contributed by atoms with E-state index in [9.17, 15) is 14.9 Å². The van der Waals surface area contributed by atoms with Crippen LogP contribution in [0.25, 0.3) is 0 Å². The van der Waals surface area contributed by atoms with E-state index in [4.69, 9.17) is 4.74 Å². The Morgan fingerprint density at radius 1 is 1.12 bits per heavy atom. The van der Waals surface area contributed by atoms with E-state index in [1.54, 1.807) is 4.90 Å². The Labute approximate surface area is 150 Å². The SMILES string of the molecule is CC(C)(C)OC(=O)N1CCCN(CC(=O)NC2(C#N)CCCC2)CC1. The van der Waals surface area contributed by atoms with Crippen LogP contribution in [0.2, 0.25) is 0 Å². The lowest BCUT2D eigenvalue weighted by atomic mass is 10.00. The highest BCUT2D eigenvalue weighted by atomic mass is 16.6. The number of rotatable bonds is 3. The van der Waals surface area contributed by atoms with Crippen LogP contribution >= 0.6 is 0 Å². The molecule has 1 aliphatic carbocycles. The summed E-state index contributed by atoms with van der Waals surface area (Å²) in [6, 6.07) is 2.28. The second kappa shape index (κ2) is 8.05. The second-order valence-corrected chi connectivity index (χ2v) is 8.05. The van der Waals surface area contributed by atoms with E-state index in [-0.39, 0.29) is 18.5 Å². The molecule has 2 rings (SSSR count). The van der Waals surface area contributed by atoms with Crippen molar-refractivity contribution >= 4 is 12.0 Å². The topological polar surface area (TPSA) is 85.7 Å². The molecule has 7 heteroatoms. The summed E-state index contributed by atoms with van der Waals surface area (Å²) < 4.78 is 5.42. The number of hydrogen-bond donors (Lipinski definition) is 1. The van der Waals surface area contributed by atoms with Gasteiger partial charge in [0.15, 0.2) is 0 Å². The summed E-state index contributed by atoms with van der Waals surface area (Å²) in [7, 11) is 0. The molecule has 2 aliphatic rings. The van der Waals surface area contributed by atoms with Gasteiger partial charge in [-0.05, 0) is 52.9 Å². The fourth-order valence-corrected chi connectivity index (χ4v) is 3.39. The molecule has 0 radical (unpaired) electrons. The summed E-state index contributed by atoms with van der Waals surface area (Å²) in [5.74, 6) is -0.103. The number of amides is 2. The van der Waals surface area contributed by atoms with E-state index >= 15 is 0 Å². The van der Waals surface area contributed by atoms with Crippen LogP contribution in [-0.2, 0) is 9.53 Å². The van der Waals surface area contributed by atoms with Crippen molar-refractivity contribution in [2.24, 2.45) is 0 Å². The van der Waals surface area contributed by atoms with Crippen molar-refractivity contribution in [2.45, 2.75) is 64.0 Å². The van der Waals surface area contributed by atoms with E-state index in [1.165, 1.54) is 0 Å². The maximum atomic E-state index is 12.3. The van der Waals surface area contributed by atoms with Crippen molar-refractivity contribution in [3.05, 3.63) is 0 Å². The largest absolute Gasteiger partial charge is 0.444 e. The third-order valence-electron chi connectivity index (χ3n) is 4.66. The average molecular weight is 350 g/mol. The van der Waals surface area contributed by atoms with Gasteiger partial charge in [-0.2, -0.15) is 5.26 Å². The van der Waals surface area contributed by atoms with Crippen molar-refractivity contribution in [3.8, 4) is 6.07 Å². The van der Waals surface area contributed by atoms with Crippen molar-refractivity contribution in [3.63, 3.8) is 0 Å². The highest BCUT2D eigenvalue weighted by Crippen LogP contribution is 2.28. The first kappa shape index (κ1) is 19.5. The lowest BCUT2D eigenvalue weighted by molar-refractivity contribution is -0.123. The third-order valence-corrected chi connectivity index (χ3v) is 4.66. The van der Waals surface area contributed by atoms with Gasteiger partial charge in [-0.25, -0.2) is 4.79 Å². The van der Waals surface area contributed by atoms with E-state index in [2.05, 4.69) is 11.4 Å². The molecule has 1 saturated carbocycles. The van der Waals surface area contributed by atoms with Crippen LogP contribution in [0, 0.1) is 11.3 Å². The predicted molar refractivity (Wildman–Crippen MR) is 93.8 cm³/mol. The van der Waals surface area contributed by atoms with Crippen molar-refractivity contribution in [2.75, 3.05) is 32.7 Å². The Hall–Kier alpha value is -1.81. The summed E-state index contributed by atoms with van der Waals surface area (Å²) >= 11 is 0. The number of carbonyl (C=O) groups is 2. The molecule has 1 N–H and O–H groups in total. The molecule has 2 amide bonds. The Bertz CT molecular complexity index is 529. The zero-order chi connectivity index (χ0) is 18.5. The molecule has 0 bridgehead atoms. The maximum Gasteiger partial charge on any atom is 0.410 e. The van der Waals surface area contributed by atoms with Gasteiger partial charge in [0.2, 0.25) is 5.91 Å². The molecule has 2 fully saturated rings. The lowest BCUT2D eigenvalue weighted by Gasteiger charge is -2.27. The number of hydrogen-bond acceptors (Lipinski definition) is 5. The van der Waals surface area contributed by atoms with Gasteiger partial charge in [-0.15, -0.1) is 0 Å². The smallest absolute Gasteiger partial charge is 0.410 e. The van der Waals surface area contributed by atoms with Gasteiger partial charge in [0.05, 0.1) is 12.6 Å². The zero-order valence-corrected chi connectivity index (χ0v) is 15.6. The predicted octanol–water partition coefficient (Wildman–Crippen LogP) is 1.88. The molecule has 7 nitrogen and oxygen atoms in total. The zero-order valence-electron chi connectivity index (χ0n) is 15.6.